The number of fused-ring (bicyclic) bond motifs is 2. The van der Waals surface area contributed by atoms with E-state index in [2.05, 4.69) is 162 Å². The van der Waals surface area contributed by atoms with Gasteiger partial charge < -0.3 is 0 Å². The molecule has 0 heterocycles. The van der Waals surface area contributed by atoms with E-state index < -0.39 is 27.7 Å². The molecule has 0 spiro atoms. The van der Waals surface area contributed by atoms with Gasteiger partial charge in [-0.15, -0.1) is 0 Å². The molecule has 0 saturated heterocycles. The van der Waals surface area contributed by atoms with Crippen LogP contribution in [-0.4, -0.2) is 5.92 Å². The summed E-state index contributed by atoms with van der Waals surface area (Å²) in [5.41, 5.74) is 10.8. The standard InChI is InChI=1S/2C19H19.C2H7Si.2ClH.Zr/c2*1-14(2)18-13-16-10-6-7-11-17(16)19(18)12-15-8-4-3-5-9-15;1-3-2;;;/h2*3-11,13-14H,12H2,1-2H3;3H,1-2H3;2*1H;/q;;;;;+2/p-2. The summed E-state index contributed by atoms with van der Waals surface area (Å²) in [6, 6.07) is 40.2. The summed E-state index contributed by atoms with van der Waals surface area (Å²) >= 11 is -5.39. The van der Waals surface area contributed by atoms with E-state index in [1.54, 1.807) is 0 Å². The van der Waals surface area contributed by atoms with Crippen LogP contribution in [-0.2, 0) is 34.6 Å². The third kappa shape index (κ3) is 4.38. The van der Waals surface area contributed by atoms with Gasteiger partial charge in [-0.05, 0) is 0 Å². The normalized spacial score (nSPS) is 22.0. The summed E-state index contributed by atoms with van der Waals surface area (Å²) in [5.74, 6) is -1.27. The molecule has 2 atom stereocenters. The van der Waals surface area contributed by atoms with Gasteiger partial charge in [-0.1, -0.05) is 0 Å². The molecule has 0 N–H and O–H groups in total. The predicted octanol–water partition coefficient (Wildman–Crippen LogP) is 11.3. The molecule has 0 saturated carbocycles. The van der Waals surface area contributed by atoms with Crippen LogP contribution in [0.25, 0.3) is 12.2 Å². The second-order valence-electron chi connectivity index (χ2n) is 14.1. The van der Waals surface area contributed by atoms with E-state index in [4.69, 9.17) is 0 Å². The van der Waals surface area contributed by atoms with Crippen molar-refractivity contribution in [3.8, 4) is 0 Å². The molecule has 2 aliphatic rings. The van der Waals surface area contributed by atoms with E-state index >= 15 is 0 Å². The predicted molar refractivity (Wildman–Crippen MR) is 193 cm³/mol. The Morgan fingerprint density at radius 2 is 0.886 bits per heavy atom. The minimum atomic E-state index is -5.39. The van der Waals surface area contributed by atoms with Crippen LogP contribution in [0.1, 0.15) is 61.1 Å². The number of halogens is 2. The Balaban J connectivity index is 1.83. The Morgan fingerprint density at radius 1 is 0.545 bits per heavy atom. The van der Waals surface area contributed by atoms with Crippen LogP contribution in [0.4, 0.5) is 0 Å². The van der Waals surface area contributed by atoms with E-state index in [0.29, 0.717) is 11.8 Å². The van der Waals surface area contributed by atoms with Crippen molar-refractivity contribution < 1.29 is 15.6 Å². The molecule has 4 aromatic rings. The molecule has 0 aromatic heterocycles. The molecule has 0 nitrogen and oxygen atoms in total. The third-order valence-electron chi connectivity index (χ3n) is 10.9. The first-order valence-electron chi connectivity index (χ1n) is 16.3. The number of benzene rings is 4. The zero-order valence-corrected chi connectivity index (χ0v) is 32.1. The summed E-state index contributed by atoms with van der Waals surface area (Å²) in [7, 11) is 18.5. The quantitative estimate of drug-likeness (QED) is 0.151. The van der Waals surface area contributed by atoms with Crippen LogP contribution in [0.2, 0.25) is 13.1 Å². The molecule has 0 radical (unpaired) electrons. The molecule has 6 rings (SSSR count). The average Bonchev–Trinajstić information content (AvgIpc) is 3.54. The van der Waals surface area contributed by atoms with Crippen molar-refractivity contribution in [2.75, 3.05) is 0 Å². The minimum absolute atomic E-state index is 0.293. The number of hydrogen-bond acceptors (Lipinski definition) is 0. The van der Waals surface area contributed by atoms with Crippen molar-refractivity contribution >= 4 is 35.1 Å². The van der Waals surface area contributed by atoms with E-state index in [-0.39, 0.29) is 0 Å². The first kappa shape index (κ1) is 32.0. The molecule has 4 heteroatoms. The molecule has 2 unspecified atom stereocenters. The molecule has 0 fully saturated rings. The molecule has 44 heavy (non-hydrogen) atoms. The fourth-order valence-electron chi connectivity index (χ4n) is 9.13. The van der Waals surface area contributed by atoms with Gasteiger partial charge in [-0.3, -0.25) is 0 Å². The summed E-state index contributed by atoms with van der Waals surface area (Å²) in [5, 5.41) is 0. The van der Waals surface area contributed by atoms with Gasteiger partial charge in [0.25, 0.3) is 0 Å². The van der Waals surface area contributed by atoms with Crippen molar-refractivity contribution in [1.82, 2.24) is 0 Å². The van der Waals surface area contributed by atoms with Crippen LogP contribution in [0.3, 0.4) is 0 Å². The molecular weight excluding hydrogens is 671 g/mol. The van der Waals surface area contributed by atoms with Gasteiger partial charge >= 0.3 is 276 Å². The molecular formula is C40H45Cl2SiZr. The van der Waals surface area contributed by atoms with Gasteiger partial charge in [0, 0.05) is 0 Å². The monoisotopic (exact) mass is 713 g/mol. The third-order valence-corrected chi connectivity index (χ3v) is 68.1. The molecule has 2 aliphatic carbocycles. The number of hydrogen-bond donors (Lipinski definition) is 0. The zero-order valence-electron chi connectivity index (χ0n) is 26.9. The van der Waals surface area contributed by atoms with Crippen LogP contribution in [0.15, 0.2) is 120 Å². The topological polar surface area (TPSA) is 0 Å². The van der Waals surface area contributed by atoms with Crippen LogP contribution < -0.4 is 0 Å². The average molecular weight is 716 g/mol. The number of allylic oxidation sites excluding steroid dienone is 2. The van der Waals surface area contributed by atoms with E-state index in [0.717, 1.165) is 12.8 Å². The summed E-state index contributed by atoms with van der Waals surface area (Å²) in [4.78, 5) is 0. The maximum absolute atomic E-state index is 9.24. The van der Waals surface area contributed by atoms with Crippen LogP contribution >= 0.6 is 17.0 Å². The van der Waals surface area contributed by atoms with Crippen molar-refractivity contribution in [3.63, 3.8) is 0 Å². The second kappa shape index (κ2) is 11.7. The van der Waals surface area contributed by atoms with Gasteiger partial charge in [0.2, 0.25) is 0 Å². The molecule has 0 amide bonds. The molecule has 227 valence electrons. The SMILES string of the molecule is CC(C)C1=Cc2ccccc2[C]1(Cc1ccccc1)[Zr]([Cl])([Cl])([SiH](C)C)[C]1(Cc2ccccc2)C(C(C)C)=Cc2ccccc21. The Morgan fingerprint density at radius 3 is 1.23 bits per heavy atom. The molecule has 0 bridgehead atoms. The second-order valence-corrected chi connectivity index (χ2v) is 56.0. The first-order chi connectivity index (χ1) is 21.0. The fraction of sp³-hybridized carbons (Fsp3) is 0.300. The van der Waals surface area contributed by atoms with Crippen molar-refractivity contribution in [1.29, 1.82) is 0 Å². The molecule has 0 aliphatic heterocycles. The summed E-state index contributed by atoms with van der Waals surface area (Å²) < 4.78 is -0.950. The first-order valence-corrected chi connectivity index (χ1v) is 32.2. The fourth-order valence-corrected chi connectivity index (χ4v) is 49.5. The molecule has 4 aromatic carbocycles. The van der Waals surface area contributed by atoms with Crippen molar-refractivity contribution in [2.24, 2.45) is 11.8 Å². The van der Waals surface area contributed by atoms with E-state index in [9.17, 15) is 17.0 Å². The van der Waals surface area contributed by atoms with Crippen molar-refractivity contribution in [3.05, 3.63) is 154 Å². The van der Waals surface area contributed by atoms with Gasteiger partial charge in [0.1, 0.15) is 0 Å². The maximum atomic E-state index is 9.24. The number of rotatable bonds is 9. The van der Waals surface area contributed by atoms with Gasteiger partial charge in [-0.25, -0.2) is 0 Å². The Kier molecular flexibility index (Phi) is 8.50. The summed E-state index contributed by atoms with van der Waals surface area (Å²) in [6.45, 7) is 14.4. The Bertz CT molecular complexity index is 1610. The Labute approximate surface area is 274 Å². The van der Waals surface area contributed by atoms with Gasteiger partial charge in [0.05, 0.1) is 0 Å². The zero-order chi connectivity index (χ0) is 31.4. The Hall–Kier alpha value is -1.96. The van der Waals surface area contributed by atoms with Gasteiger partial charge in [0.15, 0.2) is 0 Å². The van der Waals surface area contributed by atoms with Crippen LogP contribution in [0.5, 0.6) is 0 Å². The van der Waals surface area contributed by atoms with Gasteiger partial charge in [-0.2, -0.15) is 0 Å². The van der Waals surface area contributed by atoms with E-state index in [1.165, 1.54) is 44.5 Å². The van der Waals surface area contributed by atoms with Crippen LogP contribution in [0, 0.1) is 11.8 Å². The van der Waals surface area contributed by atoms with Crippen molar-refractivity contribution in [2.45, 2.75) is 59.9 Å². The van der Waals surface area contributed by atoms with E-state index in [1.807, 2.05) is 0 Å². The summed E-state index contributed by atoms with van der Waals surface area (Å²) in [6.07, 6.45) is 6.60.